The second-order valence-electron chi connectivity index (χ2n) is 11.1. The van der Waals surface area contributed by atoms with Crippen LogP contribution in [-0.2, 0) is 4.79 Å². The first kappa shape index (κ1) is 26.9. The summed E-state index contributed by atoms with van der Waals surface area (Å²) in [6.07, 6.45) is 6.59. The lowest BCUT2D eigenvalue weighted by atomic mass is 9.81. The molecule has 1 aliphatic heterocycles. The van der Waals surface area contributed by atoms with Crippen molar-refractivity contribution in [3.63, 3.8) is 0 Å². The van der Waals surface area contributed by atoms with Gasteiger partial charge >= 0.3 is 6.03 Å². The van der Waals surface area contributed by atoms with Gasteiger partial charge in [-0.25, -0.2) is 9.78 Å². The summed E-state index contributed by atoms with van der Waals surface area (Å²) in [5, 5.41) is 14.5. The molecule has 1 saturated carbocycles. The van der Waals surface area contributed by atoms with Gasteiger partial charge in [-0.1, -0.05) is 17.7 Å². The highest BCUT2D eigenvalue weighted by Gasteiger charge is 2.35. The Kier molecular flexibility index (Phi) is 8.02. The maximum atomic E-state index is 12.7. The van der Waals surface area contributed by atoms with Crippen LogP contribution in [0.4, 0.5) is 10.6 Å². The molecule has 0 radical (unpaired) electrons. The minimum atomic E-state index is -0.291. The Morgan fingerprint density at radius 1 is 1.10 bits per heavy atom. The molecule has 10 heteroatoms. The largest absolute Gasteiger partial charge is 0.481 e. The van der Waals surface area contributed by atoms with E-state index in [1.54, 1.807) is 7.11 Å². The molecule has 0 atom stereocenters. The molecule has 3 aromatic rings. The summed E-state index contributed by atoms with van der Waals surface area (Å²) in [5.74, 6) is 1.67. The summed E-state index contributed by atoms with van der Waals surface area (Å²) in [5.41, 5.74) is 3.06. The summed E-state index contributed by atoms with van der Waals surface area (Å²) < 4.78 is 6.53. The van der Waals surface area contributed by atoms with Gasteiger partial charge in [0.25, 0.3) is 0 Å². The molecule has 0 unspecified atom stereocenters. The average molecular weight is 534 g/mol. The van der Waals surface area contributed by atoms with E-state index in [0.29, 0.717) is 29.2 Å². The van der Waals surface area contributed by atoms with Crippen LogP contribution in [0.1, 0.15) is 56.6 Å². The van der Waals surface area contributed by atoms with Crippen LogP contribution in [0.3, 0.4) is 0 Å². The molecule has 2 aliphatic rings. The summed E-state index contributed by atoms with van der Waals surface area (Å²) in [7, 11) is 1.64. The standard InChI is InChI=1S/C29H39N7O3/c1-18(2)32-29(38)36-25-11-5-19(3)13-24(25)28(34-36)31-15-26(37)33-22-16-35(17-22)23-9-6-20(7-10-23)21-8-12-27(39-4)30-14-21/h5,8,11-14,18,20,22-23H,6-7,9-10,15-17H2,1-4H3,(H,31,34)(H,32,38)(H,33,37). The van der Waals surface area contributed by atoms with Crippen molar-refractivity contribution < 1.29 is 14.3 Å². The van der Waals surface area contributed by atoms with Crippen molar-refractivity contribution in [2.75, 3.05) is 32.1 Å². The third-order valence-electron chi connectivity index (χ3n) is 7.78. The summed E-state index contributed by atoms with van der Waals surface area (Å²) in [6, 6.07) is 10.3. The molecule has 1 aromatic carbocycles. The molecule has 5 rings (SSSR count). The fourth-order valence-electron chi connectivity index (χ4n) is 5.70. The maximum absolute atomic E-state index is 12.7. The van der Waals surface area contributed by atoms with Crippen molar-refractivity contribution in [3.05, 3.63) is 47.7 Å². The van der Waals surface area contributed by atoms with E-state index in [4.69, 9.17) is 4.74 Å². The van der Waals surface area contributed by atoms with Crippen molar-refractivity contribution in [2.24, 2.45) is 0 Å². The normalized spacial score (nSPS) is 20.0. The number of likely N-dealkylation sites (tertiary alicyclic amines) is 1. The first-order chi connectivity index (χ1) is 18.8. The quantitative estimate of drug-likeness (QED) is 0.405. The van der Waals surface area contributed by atoms with E-state index in [-0.39, 0.29) is 30.6 Å². The molecule has 10 nitrogen and oxygen atoms in total. The number of nitrogens with one attached hydrogen (secondary N) is 3. The van der Waals surface area contributed by atoms with Crippen molar-refractivity contribution in [1.29, 1.82) is 0 Å². The van der Waals surface area contributed by atoms with Crippen LogP contribution in [0.2, 0.25) is 0 Å². The number of amides is 2. The van der Waals surface area contributed by atoms with Crippen LogP contribution in [0, 0.1) is 6.92 Å². The zero-order chi connectivity index (χ0) is 27.5. The average Bonchev–Trinajstić information content (AvgIpc) is 3.27. The Labute approximate surface area is 229 Å². The number of ether oxygens (including phenoxy) is 1. The van der Waals surface area contributed by atoms with E-state index in [2.05, 4.69) is 37.0 Å². The van der Waals surface area contributed by atoms with E-state index >= 15 is 0 Å². The Balaban J connectivity index is 1.09. The first-order valence-corrected chi connectivity index (χ1v) is 13.9. The molecule has 3 N–H and O–H groups in total. The monoisotopic (exact) mass is 533 g/mol. The van der Waals surface area contributed by atoms with Crippen LogP contribution in [-0.4, -0.2) is 76.5 Å². The number of hydrogen-bond donors (Lipinski definition) is 3. The van der Waals surface area contributed by atoms with Gasteiger partial charge in [-0.05, 0) is 70.1 Å². The van der Waals surface area contributed by atoms with Crippen LogP contribution in [0.15, 0.2) is 36.5 Å². The number of aromatic nitrogens is 3. The van der Waals surface area contributed by atoms with Crippen LogP contribution in [0.25, 0.3) is 10.9 Å². The highest BCUT2D eigenvalue weighted by molar-refractivity contribution is 5.98. The number of carbonyl (C=O) groups excluding carboxylic acids is 2. The van der Waals surface area contributed by atoms with Gasteiger partial charge < -0.3 is 20.7 Å². The van der Waals surface area contributed by atoms with Gasteiger partial charge in [0.05, 0.1) is 25.2 Å². The summed E-state index contributed by atoms with van der Waals surface area (Å²) in [6.45, 7) is 7.68. The first-order valence-electron chi connectivity index (χ1n) is 13.9. The molecule has 208 valence electrons. The summed E-state index contributed by atoms with van der Waals surface area (Å²) >= 11 is 0. The SMILES string of the molecule is COc1ccc(C2CCC(N3CC(NC(=O)CNc4nn(C(=O)NC(C)C)c5ccc(C)cc45)C3)CC2)cn1. The van der Waals surface area contributed by atoms with Gasteiger partial charge in [0, 0.05) is 42.8 Å². The minimum absolute atomic E-state index is 0.00718. The van der Waals surface area contributed by atoms with Crippen LogP contribution < -0.4 is 20.7 Å². The minimum Gasteiger partial charge on any atom is -0.481 e. The van der Waals surface area contributed by atoms with E-state index in [1.807, 2.05) is 51.2 Å². The smallest absolute Gasteiger partial charge is 0.342 e. The van der Waals surface area contributed by atoms with E-state index in [1.165, 1.54) is 23.1 Å². The highest BCUT2D eigenvalue weighted by atomic mass is 16.5. The zero-order valence-corrected chi connectivity index (χ0v) is 23.2. The number of rotatable bonds is 8. The van der Waals surface area contributed by atoms with E-state index in [0.717, 1.165) is 36.9 Å². The number of nitrogens with zero attached hydrogens (tertiary/aromatic N) is 4. The van der Waals surface area contributed by atoms with Crippen molar-refractivity contribution in [3.8, 4) is 5.88 Å². The lowest BCUT2D eigenvalue weighted by Gasteiger charge is -2.46. The number of anilines is 1. The Morgan fingerprint density at radius 3 is 2.54 bits per heavy atom. The van der Waals surface area contributed by atoms with Gasteiger partial charge in [-0.2, -0.15) is 4.68 Å². The predicted molar refractivity (Wildman–Crippen MR) is 151 cm³/mol. The zero-order valence-electron chi connectivity index (χ0n) is 23.2. The lowest BCUT2D eigenvalue weighted by Crippen LogP contribution is -2.63. The van der Waals surface area contributed by atoms with Crippen LogP contribution in [0.5, 0.6) is 5.88 Å². The number of benzene rings is 1. The van der Waals surface area contributed by atoms with Crippen molar-refractivity contribution in [1.82, 2.24) is 30.3 Å². The molecule has 0 spiro atoms. The predicted octanol–water partition coefficient (Wildman–Crippen LogP) is 3.65. The maximum Gasteiger partial charge on any atom is 0.342 e. The number of fused-ring (bicyclic) bond motifs is 1. The second-order valence-corrected chi connectivity index (χ2v) is 11.1. The van der Waals surface area contributed by atoms with Gasteiger partial charge in [0.1, 0.15) is 0 Å². The van der Waals surface area contributed by atoms with Crippen molar-refractivity contribution >= 4 is 28.7 Å². The second kappa shape index (κ2) is 11.6. The number of pyridine rings is 1. The van der Waals surface area contributed by atoms with E-state index < -0.39 is 0 Å². The Bertz CT molecular complexity index is 1310. The Hall–Kier alpha value is -3.66. The number of hydrogen-bond acceptors (Lipinski definition) is 7. The number of carbonyl (C=O) groups is 2. The fourth-order valence-corrected chi connectivity index (χ4v) is 5.70. The number of aryl methyl sites for hydroxylation is 1. The third-order valence-corrected chi connectivity index (χ3v) is 7.78. The fraction of sp³-hybridized carbons (Fsp3) is 0.517. The van der Waals surface area contributed by atoms with E-state index in [9.17, 15) is 9.59 Å². The van der Waals surface area contributed by atoms with Gasteiger partial charge in [0.15, 0.2) is 5.82 Å². The molecule has 1 saturated heterocycles. The van der Waals surface area contributed by atoms with Gasteiger partial charge in [-0.3, -0.25) is 9.69 Å². The third kappa shape index (κ3) is 6.16. The molecule has 2 fully saturated rings. The molecule has 2 aromatic heterocycles. The van der Waals surface area contributed by atoms with Gasteiger partial charge in [0.2, 0.25) is 11.8 Å². The Morgan fingerprint density at radius 2 is 1.87 bits per heavy atom. The van der Waals surface area contributed by atoms with Gasteiger partial charge in [-0.15, -0.1) is 5.10 Å². The lowest BCUT2D eigenvalue weighted by molar-refractivity contribution is -0.121. The molecular formula is C29H39N7O3. The number of methoxy groups -OCH3 is 1. The van der Waals surface area contributed by atoms with Crippen LogP contribution >= 0.6 is 0 Å². The summed E-state index contributed by atoms with van der Waals surface area (Å²) in [4.78, 5) is 32.2. The van der Waals surface area contributed by atoms with Crippen molar-refractivity contribution in [2.45, 2.75) is 70.5 Å². The molecule has 39 heavy (non-hydrogen) atoms. The molecule has 3 heterocycles. The molecular weight excluding hydrogens is 494 g/mol. The topological polar surface area (TPSA) is 113 Å². The molecule has 0 bridgehead atoms. The molecule has 1 aliphatic carbocycles. The highest BCUT2D eigenvalue weighted by Crippen LogP contribution is 2.36. The molecule has 2 amide bonds.